The summed E-state index contributed by atoms with van der Waals surface area (Å²) in [6.07, 6.45) is 0.0837. The van der Waals surface area contributed by atoms with Gasteiger partial charge >= 0.3 is 0 Å². The highest BCUT2D eigenvalue weighted by Crippen LogP contribution is 2.29. The quantitative estimate of drug-likeness (QED) is 0.672. The maximum atomic E-state index is 12.1. The summed E-state index contributed by atoms with van der Waals surface area (Å²) in [5.74, 6) is 1.59. The molecule has 0 aromatic heterocycles. The van der Waals surface area contributed by atoms with Crippen molar-refractivity contribution >= 4 is 27.5 Å². The molecular formula is C20H24BrNO3. The van der Waals surface area contributed by atoms with Crippen LogP contribution in [0.2, 0.25) is 0 Å². The van der Waals surface area contributed by atoms with Gasteiger partial charge in [-0.15, -0.1) is 0 Å². The zero-order chi connectivity index (χ0) is 18.4. The van der Waals surface area contributed by atoms with Crippen molar-refractivity contribution in [1.82, 2.24) is 0 Å². The zero-order valence-electron chi connectivity index (χ0n) is 15.0. The number of carbonyl (C=O) groups is 1. The number of hydrogen-bond donors (Lipinski definition) is 1. The minimum Gasteiger partial charge on any atom is -0.491 e. The van der Waals surface area contributed by atoms with Gasteiger partial charge in [-0.05, 0) is 65.5 Å². The highest BCUT2D eigenvalue weighted by Gasteiger charge is 2.09. The van der Waals surface area contributed by atoms with Crippen LogP contribution in [0.25, 0.3) is 0 Å². The SMILES string of the molecule is CC(C)Oc1cccc(NC(=O)COc2ccc(C(C)C)cc2Br)c1. The molecule has 5 heteroatoms. The maximum Gasteiger partial charge on any atom is 0.262 e. The van der Waals surface area contributed by atoms with Crippen molar-refractivity contribution < 1.29 is 14.3 Å². The Labute approximate surface area is 157 Å². The number of halogens is 1. The van der Waals surface area contributed by atoms with E-state index >= 15 is 0 Å². The monoisotopic (exact) mass is 405 g/mol. The van der Waals surface area contributed by atoms with Gasteiger partial charge in [-0.3, -0.25) is 4.79 Å². The molecular weight excluding hydrogens is 382 g/mol. The largest absolute Gasteiger partial charge is 0.491 e. The fraction of sp³-hybridized carbons (Fsp3) is 0.350. The molecule has 25 heavy (non-hydrogen) atoms. The third-order valence-corrected chi connectivity index (χ3v) is 4.09. The lowest BCUT2D eigenvalue weighted by Gasteiger charge is -2.13. The molecule has 2 aromatic rings. The van der Waals surface area contributed by atoms with E-state index in [2.05, 4.69) is 35.1 Å². The normalized spacial score (nSPS) is 10.8. The van der Waals surface area contributed by atoms with Crippen LogP contribution >= 0.6 is 15.9 Å². The summed E-state index contributed by atoms with van der Waals surface area (Å²) in [5.41, 5.74) is 1.90. The number of nitrogens with one attached hydrogen (secondary N) is 1. The molecule has 0 aliphatic heterocycles. The predicted octanol–water partition coefficient (Wildman–Crippen LogP) is 5.38. The minimum absolute atomic E-state index is 0.0606. The minimum atomic E-state index is -0.221. The van der Waals surface area contributed by atoms with E-state index in [1.54, 1.807) is 6.07 Å². The van der Waals surface area contributed by atoms with E-state index < -0.39 is 0 Å². The fourth-order valence-corrected chi connectivity index (χ4v) is 2.76. The third kappa shape index (κ3) is 6.09. The van der Waals surface area contributed by atoms with Crippen molar-refractivity contribution in [1.29, 1.82) is 0 Å². The smallest absolute Gasteiger partial charge is 0.262 e. The Morgan fingerprint density at radius 1 is 1.12 bits per heavy atom. The molecule has 0 aliphatic rings. The van der Waals surface area contributed by atoms with Gasteiger partial charge in [0.2, 0.25) is 0 Å². The van der Waals surface area contributed by atoms with Crippen LogP contribution in [0.5, 0.6) is 11.5 Å². The van der Waals surface area contributed by atoms with Gasteiger partial charge in [-0.25, -0.2) is 0 Å². The molecule has 0 aliphatic carbocycles. The molecule has 0 heterocycles. The second-order valence-electron chi connectivity index (χ2n) is 6.38. The molecule has 0 unspecified atom stereocenters. The van der Waals surface area contributed by atoms with Crippen LogP contribution in [0.15, 0.2) is 46.9 Å². The first-order chi connectivity index (χ1) is 11.8. The van der Waals surface area contributed by atoms with Crippen LogP contribution in [0, 0.1) is 0 Å². The van der Waals surface area contributed by atoms with Crippen molar-refractivity contribution in [2.45, 2.75) is 39.7 Å². The van der Waals surface area contributed by atoms with E-state index in [1.807, 2.05) is 50.2 Å². The second kappa shape index (κ2) is 8.90. The van der Waals surface area contributed by atoms with E-state index in [4.69, 9.17) is 9.47 Å². The molecule has 1 N–H and O–H groups in total. The summed E-state index contributed by atoms with van der Waals surface area (Å²) >= 11 is 3.49. The third-order valence-electron chi connectivity index (χ3n) is 3.47. The van der Waals surface area contributed by atoms with Crippen LogP contribution in [0.1, 0.15) is 39.2 Å². The standard InChI is InChI=1S/C20H24BrNO3/c1-13(2)15-8-9-19(18(21)10-15)24-12-20(23)22-16-6-5-7-17(11-16)25-14(3)4/h5-11,13-14H,12H2,1-4H3,(H,22,23). The highest BCUT2D eigenvalue weighted by atomic mass is 79.9. The van der Waals surface area contributed by atoms with E-state index in [1.165, 1.54) is 5.56 Å². The molecule has 2 rings (SSSR count). The maximum absolute atomic E-state index is 12.1. The number of carbonyl (C=O) groups excluding carboxylic acids is 1. The van der Waals surface area contributed by atoms with Crippen molar-refractivity contribution in [3.05, 3.63) is 52.5 Å². The average molecular weight is 406 g/mol. The molecule has 0 bridgehead atoms. The van der Waals surface area contributed by atoms with Gasteiger partial charge < -0.3 is 14.8 Å². The Bertz CT molecular complexity index is 729. The topological polar surface area (TPSA) is 47.6 Å². The summed E-state index contributed by atoms with van der Waals surface area (Å²) in [6.45, 7) is 8.12. The Morgan fingerprint density at radius 2 is 1.88 bits per heavy atom. The molecule has 2 aromatic carbocycles. The van der Waals surface area contributed by atoms with Gasteiger partial charge in [0, 0.05) is 11.8 Å². The van der Waals surface area contributed by atoms with E-state index in [9.17, 15) is 4.79 Å². The van der Waals surface area contributed by atoms with Crippen LogP contribution in [0.3, 0.4) is 0 Å². The highest BCUT2D eigenvalue weighted by molar-refractivity contribution is 9.10. The number of rotatable bonds is 7. The van der Waals surface area contributed by atoms with Crippen molar-refractivity contribution in [2.24, 2.45) is 0 Å². The Balaban J connectivity index is 1.93. The lowest BCUT2D eigenvalue weighted by molar-refractivity contribution is -0.118. The summed E-state index contributed by atoms with van der Waals surface area (Å²) in [5, 5.41) is 2.82. The predicted molar refractivity (Wildman–Crippen MR) is 105 cm³/mol. The summed E-state index contributed by atoms with van der Waals surface area (Å²) in [4.78, 5) is 12.1. The fourth-order valence-electron chi connectivity index (χ4n) is 2.25. The van der Waals surface area contributed by atoms with Crippen LogP contribution < -0.4 is 14.8 Å². The van der Waals surface area contributed by atoms with E-state index in [0.717, 1.165) is 10.2 Å². The number of benzene rings is 2. The Morgan fingerprint density at radius 3 is 2.52 bits per heavy atom. The van der Waals surface area contributed by atoms with E-state index in [0.29, 0.717) is 17.4 Å². The molecule has 134 valence electrons. The first kappa shape index (κ1) is 19.3. The molecule has 0 radical (unpaired) electrons. The van der Waals surface area contributed by atoms with Crippen molar-refractivity contribution in [3.63, 3.8) is 0 Å². The lowest BCUT2D eigenvalue weighted by atomic mass is 10.0. The number of ether oxygens (including phenoxy) is 2. The van der Waals surface area contributed by atoms with Crippen molar-refractivity contribution in [2.75, 3.05) is 11.9 Å². The molecule has 0 atom stereocenters. The summed E-state index contributed by atoms with van der Waals surface area (Å²) in [6, 6.07) is 13.2. The number of amides is 1. The van der Waals surface area contributed by atoms with Crippen LogP contribution in [-0.4, -0.2) is 18.6 Å². The lowest BCUT2D eigenvalue weighted by Crippen LogP contribution is -2.20. The summed E-state index contributed by atoms with van der Waals surface area (Å²) in [7, 11) is 0. The van der Waals surface area contributed by atoms with Gasteiger partial charge in [0.05, 0.1) is 10.6 Å². The molecule has 4 nitrogen and oxygen atoms in total. The number of hydrogen-bond acceptors (Lipinski definition) is 3. The van der Waals surface area contributed by atoms with Gasteiger partial charge in [-0.2, -0.15) is 0 Å². The Kier molecular flexibility index (Phi) is 6.88. The first-order valence-corrected chi connectivity index (χ1v) is 9.13. The molecule has 0 fully saturated rings. The number of anilines is 1. The molecule has 0 saturated heterocycles. The van der Waals surface area contributed by atoms with Gasteiger partial charge in [0.15, 0.2) is 6.61 Å². The molecule has 0 saturated carbocycles. The average Bonchev–Trinajstić information content (AvgIpc) is 2.53. The first-order valence-electron chi connectivity index (χ1n) is 8.34. The van der Waals surface area contributed by atoms with Gasteiger partial charge in [-0.1, -0.05) is 26.0 Å². The van der Waals surface area contributed by atoms with E-state index in [-0.39, 0.29) is 18.6 Å². The van der Waals surface area contributed by atoms with Crippen LogP contribution in [0.4, 0.5) is 5.69 Å². The van der Waals surface area contributed by atoms with Gasteiger partial charge in [0.1, 0.15) is 11.5 Å². The molecule has 1 amide bonds. The summed E-state index contributed by atoms with van der Waals surface area (Å²) < 4.78 is 12.1. The van der Waals surface area contributed by atoms with Crippen molar-refractivity contribution in [3.8, 4) is 11.5 Å². The molecule has 0 spiro atoms. The van der Waals surface area contributed by atoms with Crippen LogP contribution in [-0.2, 0) is 4.79 Å². The zero-order valence-corrected chi connectivity index (χ0v) is 16.6. The second-order valence-corrected chi connectivity index (χ2v) is 7.23. The Hall–Kier alpha value is -2.01. The van der Waals surface area contributed by atoms with Gasteiger partial charge in [0.25, 0.3) is 5.91 Å².